The van der Waals surface area contributed by atoms with E-state index in [-0.39, 0.29) is 23.7 Å². The van der Waals surface area contributed by atoms with Crippen molar-refractivity contribution in [1.82, 2.24) is 5.32 Å². The molecule has 0 aliphatic heterocycles. The van der Waals surface area contributed by atoms with Crippen LogP contribution in [0, 0.1) is 23.1 Å². The third kappa shape index (κ3) is 3.45. The Labute approximate surface area is 105 Å². The molecule has 1 aliphatic carbocycles. The van der Waals surface area contributed by atoms with Crippen molar-refractivity contribution >= 4 is 11.6 Å². The van der Waals surface area contributed by atoms with E-state index in [1.54, 1.807) is 0 Å². The van der Waals surface area contributed by atoms with Crippen LogP contribution in [0.1, 0.15) is 18.4 Å². The summed E-state index contributed by atoms with van der Waals surface area (Å²) in [6.45, 7) is 0.742. The van der Waals surface area contributed by atoms with E-state index in [0.29, 0.717) is 12.5 Å². The minimum absolute atomic E-state index is 0.0372. The summed E-state index contributed by atoms with van der Waals surface area (Å²) < 4.78 is 13.5. The van der Waals surface area contributed by atoms with Crippen molar-refractivity contribution in [3.63, 3.8) is 0 Å². The molecule has 2 N–H and O–H groups in total. The molecule has 0 spiro atoms. The van der Waals surface area contributed by atoms with Crippen LogP contribution >= 0.6 is 0 Å². The lowest BCUT2D eigenvalue weighted by Crippen LogP contribution is -2.31. The summed E-state index contributed by atoms with van der Waals surface area (Å²) in [6.07, 6.45) is 2.36. The molecule has 0 unspecified atom stereocenters. The highest BCUT2D eigenvalue weighted by Crippen LogP contribution is 2.27. The van der Waals surface area contributed by atoms with E-state index in [1.807, 2.05) is 6.07 Å². The number of carbonyl (C=O) groups excluding carboxylic acids is 1. The van der Waals surface area contributed by atoms with Crippen LogP contribution < -0.4 is 10.6 Å². The van der Waals surface area contributed by atoms with Gasteiger partial charge in [0.2, 0.25) is 5.91 Å². The van der Waals surface area contributed by atoms with E-state index in [1.165, 1.54) is 25.0 Å². The molecule has 1 fully saturated rings. The van der Waals surface area contributed by atoms with Crippen molar-refractivity contribution in [2.24, 2.45) is 5.92 Å². The zero-order valence-electron chi connectivity index (χ0n) is 9.87. The summed E-state index contributed by atoms with van der Waals surface area (Å²) in [5.41, 5.74) is 0.492. The molecule has 1 saturated carbocycles. The molecule has 0 aromatic heterocycles. The summed E-state index contributed by atoms with van der Waals surface area (Å²) in [5.74, 6) is -0.0460. The van der Waals surface area contributed by atoms with Crippen LogP contribution in [0.5, 0.6) is 0 Å². The quantitative estimate of drug-likeness (QED) is 0.831. The largest absolute Gasteiger partial charge is 0.374 e. The summed E-state index contributed by atoms with van der Waals surface area (Å²) in [7, 11) is 0. The van der Waals surface area contributed by atoms with Gasteiger partial charge in [-0.3, -0.25) is 4.79 Å². The number of rotatable bonds is 5. The van der Waals surface area contributed by atoms with Crippen molar-refractivity contribution in [2.75, 3.05) is 18.4 Å². The Morgan fingerprint density at radius 2 is 2.28 bits per heavy atom. The molecule has 18 heavy (non-hydrogen) atoms. The van der Waals surface area contributed by atoms with E-state index in [4.69, 9.17) is 5.26 Å². The predicted molar refractivity (Wildman–Crippen MR) is 65.3 cm³/mol. The molecule has 0 radical (unpaired) electrons. The number of carbonyl (C=O) groups is 1. The van der Waals surface area contributed by atoms with Gasteiger partial charge in [0.05, 0.1) is 23.9 Å². The number of amides is 1. The second kappa shape index (κ2) is 5.50. The first kappa shape index (κ1) is 12.4. The third-order valence-corrected chi connectivity index (χ3v) is 2.82. The van der Waals surface area contributed by atoms with Crippen molar-refractivity contribution in [2.45, 2.75) is 12.8 Å². The lowest BCUT2D eigenvalue weighted by molar-refractivity contribution is -0.119. The van der Waals surface area contributed by atoms with Gasteiger partial charge < -0.3 is 10.6 Å². The molecule has 5 heteroatoms. The van der Waals surface area contributed by atoms with Gasteiger partial charge in [0.15, 0.2) is 0 Å². The van der Waals surface area contributed by atoms with Gasteiger partial charge in [0, 0.05) is 6.54 Å². The maximum atomic E-state index is 13.5. The summed E-state index contributed by atoms with van der Waals surface area (Å²) in [4.78, 5) is 11.4. The van der Waals surface area contributed by atoms with Crippen LogP contribution in [0.4, 0.5) is 10.1 Å². The number of hydrogen-bond acceptors (Lipinski definition) is 3. The molecule has 1 aliphatic rings. The van der Waals surface area contributed by atoms with E-state index >= 15 is 0 Å². The van der Waals surface area contributed by atoms with E-state index in [0.717, 1.165) is 6.07 Å². The van der Waals surface area contributed by atoms with E-state index in [2.05, 4.69) is 10.6 Å². The van der Waals surface area contributed by atoms with Crippen molar-refractivity contribution in [3.05, 3.63) is 29.6 Å². The SMILES string of the molecule is N#Cc1ccc(NCC(=O)NCC2CC2)c(F)c1. The highest BCUT2D eigenvalue weighted by Gasteiger charge is 2.21. The van der Waals surface area contributed by atoms with Gasteiger partial charge in [0.1, 0.15) is 5.82 Å². The summed E-state index contributed by atoms with van der Waals surface area (Å²) in [5, 5.41) is 14.1. The van der Waals surface area contributed by atoms with Crippen LogP contribution in [0.2, 0.25) is 0 Å². The minimum atomic E-state index is -0.524. The van der Waals surface area contributed by atoms with Crippen molar-refractivity contribution in [1.29, 1.82) is 5.26 Å². The molecular weight excluding hydrogens is 233 g/mol. The van der Waals surface area contributed by atoms with Crippen LogP contribution in [0.25, 0.3) is 0 Å². The number of halogens is 1. The van der Waals surface area contributed by atoms with Crippen molar-refractivity contribution < 1.29 is 9.18 Å². The van der Waals surface area contributed by atoms with Gasteiger partial charge >= 0.3 is 0 Å². The van der Waals surface area contributed by atoms with Crippen LogP contribution in [0.3, 0.4) is 0 Å². The van der Waals surface area contributed by atoms with Gasteiger partial charge in [-0.15, -0.1) is 0 Å². The molecule has 4 nitrogen and oxygen atoms in total. The average molecular weight is 247 g/mol. The predicted octanol–water partition coefficient (Wildman–Crippen LogP) is 1.64. The number of hydrogen-bond donors (Lipinski definition) is 2. The zero-order chi connectivity index (χ0) is 13.0. The van der Waals surface area contributed by atoms with Gasteiger partial charge in [-0.2, -0.15) is 5.26 Å². The molecule has 0 saturated heterocycles. The van der Waals surface area contributed by atoms with Gasteiger partial charge in [-0.1, -0.05) is 0 Å². The van der Waals surface area contributed by atoms with Gasteiger partial charge in [-0.25, -0.2) is 4.39 Å². The average Bonchev–Trinajstić information content (AvgIpc) is 3.18. The summed E-state index contributed by atoms with van der Waals surface area (Å²) in [6, 6.07) is 5.96. The second-order valence-corrected chi connectivity index (χ2v) is 4.41. The standard InChI is InChI=1S/C13H14FN3O/c14-11-5-10(6-15)3-4-12(11)16-8-13(18)17-7-9-1-2-9/h3-5,9,16H,1-2,7-8H2,(H,17,18). The topological polar surface area (TPSA) is 64.9 Å². The Morgan fingerprint density at radius 3 is 2.89 bits per heavy atom. The first-order valence-corrected chi connectivity index (χ1v) is 5.89. The van der Waals surface area contributed by atoms with Gasteiger partial charge in [-0.05, 0) is 37.0 Å². The Kier molecular flexibility index (Phi) is 3.78. The fraction of sp³-hybridized carbons (Fsp3) is 0.385. The maximum Gasteiger partial charge on any atom is 0.239 e. The number of anilines is 1. The van der Waals surface area contributed by atoms with E-state index in [9.17, 15) is 9.18 Å². The molecular formula is C13H14FN3O. The number of nitriles is 1. The molecule has 0 atom stereocenters. The number of nitrogens with one attached hydrogen (secondary N) is 2. The number of benzene rings is 1. The molecule has 1 amide bonds. The molecule has 0 heterocycles. The normalized spacial score (nSPS) is 13.8. The molecule has 0 bridgehead atoms. The zero-order valence-corrected chi connectivity index (χ0v) is 9.87. The third-order valence-electron chi connectivity index (χ3n) is 2.82. The fourth-order valence-electron chi connectivity index (χ4n) is 1.55. The molecule has 1 aromatic carbocycles. The highest BCUT2D eigenvalue weighted by molar-refractivity contribution is 5.80. The second-order valence-electron chi connectivity index (χ2n) is 4.41. The van der Waals surface area contributed by atoms with E-state index < -0.39 is 5.82 Å². The Bertz CT molecular complexity index is 491. The lowest BCUT2D eigenvalue weighted by atomic mass is 10.2. The number of nitrogens with zero attached hydrogens (tertiary/aromatic N) is 1. The van der Waals surface area contributed by atoms with Crippen molar-refractivity contribution in [3.8, 4) is 6.07 Å². The maximum absolute atomic E-state index is 13.5. The molecule has 94 valence electrons. The highest BCUT2D eigenvalue weighted by atomic mass is 19.1. The van der Waals surface area contributed by atoms with Crippen LogP contribution in [-0.2, 0) is 4.79 Å². The lowest BCUT2D eigenvalue weighted by Gasteiger charge is -2.08. The summed E-state index contributed by atoms with van der Waals surface area (Å²) >= 11 is 0. The molecule has 2 rings (SSSR count). The fourth-order valence-corrected chi connectivity index (χ4v) is 1.55. The first-order valence-electron chi connectivity index (χ1n) is 5.89. The Balaban J connectivity index is 1.81. The smallest absolute Gasteiger partial charge is 0.239 e. The molecule has 1 aromatic rings. The van der Waals surface area contributed by atoms with Gasteiger partial charge in [0.25, 0.3) is 0 Å². The minimum Gasteiger partial charge on any atom is -0.374 e. The first-order chi connectivity index (χ1) is 8.69. The monoisotopic (exact) mass is 247 g/mol. The van der Waals surface area contributed by atoms with Crippen LogP contribution in [-0.4, -0.2) is 19.0 Å². The Hall–Kier alpha value is -2.09. The van der Waals surface area contributed by atoms with Crippen LogP contribution in [0.15, 0.2) is 18.2 Å². The Morgan fingerprint density at radius 1 is 1.50 bits per heavy atom.